The molecule has 3 rings (SSSR count). The summed E-state index contributed by atoms with van der Waals surface area (Å²) in [6.45, 7) is 5.85. The molecule has 3 nitrogen and oxygen atoms in total. The van der Waals surface area contributed by atoms with Gasteiger partial charge < -0.3 is 9.47 Å². The summed E-state index contributed by atoms with van der Waals surface area (Å²) >= 11 is 0. The highest BCUT2D eigenvalue weighted by Gasteiger charge is 2.34. The molecule has 21 heavy (non-hydrogen) atoms. The first-order valence-electron chi connectivity index (χ1n) is 8.18. The molecule has 1 fully saturated rings. The second-order valence-electron chi connectivity index (χ2n) is 5.79. The van der Waals surface area contributed by atoms with Crippen molar-refractivity contribution in [3.63, 3.8) is 0 Å². The van der Waals surface area contributed by atoms with Crippen molar-refractivity contribution in [1.29, 1.82) is 0 Å². The molecule has 1 aromatic rings. The molecule has 1 aromatic carbocycles. The third-order valence-corrected chi connectivity index (χ3v) is 4.27. The highest BCUT2D eigenvalue weighted by atomic mass is 16.5. The molecule has 1 atom stereocenters. The van der Waals surface area contributed by atoms with Crippen LogP contribution in [-0.4, -0.2) is 31.2 Å². The van der Waals surface area contributed by atoms with Crippen LogP contribution in [0.2, 0.25) is 0 Å². The normalized spacial score (nSPS) is 24.0. The Hall–Kier alpha value is -1.32. The molecular formula is C18H25NO2. The number of rotatable bonds is 5. The van der Waals surface area contributed by atoms with E-state index in [0.717, 1.165) is 44.2 Å². The van der Waals surface area contributed by atoms with Crippen molar-refractivity contribution in [3.8, 4) is 5.75 Å². The average Bonchev–Trinajstić information content (AvgIpc) is 2.90. The number of unbranched alkanes of at least 4 members (excludes halogenated alkanes) is 3. The van der Waals surface area contributed by atoms with Gasteiger partial charge in [0.1, 0.15) is 11.5 Å². The lowest BCUT2D eigenvalue weighted by atomic mass is 10.0. The van der Waals surface area contributed by atoms with Gasteiger partial charge in [-0.1, -0.05) is 38.0 Å². The lowest BCUT2D eigenvalue weighted by Crippen LogP contribution is -2.39. The third-order valence-electron chi connectivity index (χ3n) is 4.27. The van der Waals surface area contributed by atoms with Gasteiger partial charge in [0, 0.05) is 18.7 Å². The van der Waals surface area contributed by atoms with E-state index in [1.165, 1.54) is 24.8 Å². The number of para-hydroxylation sites is 1. The van der Waals surface area contributed by atoms with Crippen molar-refractivity contribution in [2.45, 2.75) is 38.6 Å². The topological polar surface area (TPSA) is 21.7 Å². The molecule has 0 aliphatic carbocycles. The molecule has 0 spiro atoms. The summed E-state index contributed by atoms with van der Waals surface area (Å²) in [6.07, 6.45) is 7.21. The Bertz CT molecular complexity index is 492. The first-order valence-corrected chi connectivity index (χ1v) is 8.18. The fourth-order valence-corrected chi connectivity index (χ4v) is 3.14. The van der Waals surface area contributed by atoms with Crippen LogP contribution in [0.1, 0.15) is 44.2 Å². The lowest BCUT2D eigenvalue weighted by Gasteiger charge is -2.32. The van der Waals surface area contributed by atoms with Gasteiger partial charge in [0.15, 0.2) is 0 Å². The molecule has 0 saturated carbocycles. The van der Waals surface area contributed by atoms with E-state index >= 15 is 0 Å². The molecule has 1 unspecified atom stereocenters. The Morgan fingerprint density at radius 3 is 2.81 bits per heavy atom. The zero-order valence-electron chi connectivity index (χ0n) is 12.9. The molecule has 114 valence electrons. The van der Waals surface area contributed by atoms with E-state index < -0.39 is 0 Å². The summed E-state index contributed by atoms with van der Waals surface area (Å²) in [5.41, 5.74) is 1.31. The Balaban J connectivity index is 1.79. The minimum absolute atomic E-state index is 0.284. The molecule has 2 aliphatic rings. The van der Waals surface area contributed by atoms with Crippen molar-refractivity contribution in [2.24, 2.45) is 0 Å². The van der Waals surface area contributed by atoms with Crippen LogP contribution in [-0.2, 0) is 4.74 Å². The van der Waals surface area contributed by atoms with Crippen LogP contribution in [0.25, 0.3) is 0 Å². The maximum atomic E-state index is 6.13. The molecule has 3 heteroatoms. The fourth-order valence-electron chi connectivity index (χ4n) is 3.14. The molecule has 2 aliphatic heterocycles. The van der Waals surface area contributed by atoms with Crippen LogP contribution in [0.4, 0.5) is 0 Å². The van der Waals surface area contributed by atoms with Gasteiger partial charge in [0.05, 0.1) is 19.3 Å². The Kier molecular flexibility index (Phi) is 4.94. The quantitative estimate of drug-likeness (QED) is 0.766. The van der Waals surface area contributed by atoms with Crippen molar-refractivity contribution in [3.05, 3.63) is 41.7 Å². The first-order chi connectivity index (χ1) is 10.4. The van der Waals surface area contributed by atoms with Crippen LogP contribution >= 0.6 is 0 Å². The summed E-state index contributed by atoms with van der Waals surface area (Å²) in [6, 6.07) is 8.72. The van der Waals surface area contributed by atoms with Crippen molar-refractivity contribution in [2.75, 3.05) is 26.3 Å². The summed E-state index contributed by atoms with van der Waals surface area (Å²) < 4.78 is 11.6. The molecule has 0 N–H and O–H groups in total. The number of ether oxygens (including phenoxy) is 2. The van der Waals surface area contributed by atoms with E-state index in [2.05, 4.69) is 42.2 Å². The average molecular weight is 287 g/mol. The Morgan fingerprint density at radius 2 is 2.00 bits per heavy atom. The maximum absolute atomic E-state index is 6.13. The number of fused-ring (bicyclic) bond motifs is 1. The molecule has 0 radical (unpaired) electrons. The monoisotopic (exact) mass is 287 g/mol. The first kappa shape index (κ1) is 14.6. The lowest BCUT2D eigenvalue weighted by molar-refractivity contribution is 0.0207. The predicted molar refractivity (Wildman–Crippen MR) is 84.4 cm³/mol. The largest absolute Gasteiger partial charge is 0.460 e. The third kappa shape index (κ3) is 3.30. The van der Waals surface area contributed by atoms with Gasteiger partial charge in [-0.2, -0.15) is 0 Å². The van der Waals surface area contributed by atoms with Gasteiger partial charge in [0.2, 0.25) is 0 Å². The minimum Gasteiger partial charge on any atom is -0.460 e. The van der Waals surface area contributed by atoms with E-state index in [1.807, 2.05) is 0 Å². The van der Waals surface area contributed by atoms with Gasteiger partial charge in [-0.3, -0.25) is 4.90 Å². The van der Waals surface area contributed by atoms with Crippen molar-refractivity contribution >= 4 is 0 Å². The smallest absolute Gasteiger partial charge is 0.132 e. The molecule has 0 bridgehead atoms. The second kappa shape index (κ2) is 7.10. The van der Waals surface area contributed by atoms with Gasteiger partial charge in [-0.25, -0.2) is 0 Å². The summed E-state index contributed by atoms with van der Waals surface area (Å²) in [4.78, 5) is 2.49. The van der Waals surface area contributed by atoms with Crippen molar-refractivity contribution in [1.82, 2.24) is 4.90 Å². The highest BCUT2D eigenvalue weighted by Crippen LogP contribution is 2.42. The standard InChI is InChI=1S/C18H25NO2/c1-2-3-4-5-10-17-18(19-11-13-20-14-12-19)15-8-6-7-9-16(15)21-17/h6-10,18H,2-5,11-14H2,1H3/b17-10-. The predicted octanol–water partition coefficient (Wildman–Crippen LogP) is 3.92. The summed E-state index contributed by atoms with van der Waals surface area (Å²) in [5.74, 6) is 2.14. The van der Waals surface area contributed by atoms with E-state index in [1.54, 1.807) is 0 Å². The SMILES string of the molecule is CCCCC/C=C1\Oc2ccccc2C1N1CCOCC1. The van der Waals surface area contributed by atoms with Crippen LogP contribution in [0.15, 0.2) is 36.1 Å². The number of allylic oxidation sites excluding steroid dienone is 1. The van der Waals surface area contributed by atoms with Crippen LogP contribution in [0, 0.1) is 0 Å². The van der Waals surface area contributed by atoms with E-state index in [4.69, 9.17) is 9.47 Å². The number of hydrogen-bond acceptors (Lipinski definition) is 3. The molecular weight excluding hydrogens is 262 g/mol. The van der Waals surface area contributed by atoms with E-state index in [-0.39, 0.29) is 6.04 Å². The number of nitrogens with zero attached hydrogens (tertiary/aromatic N) is 1. The second-order valence-corrected chi connectivity index (χ2v) is 5.79. The molecule has 1 saturated heterocycles. The Labute approximate surface area is 127 Å². The fraction of sp³-hybridized carbons (Fsp3) is 0.556. The van der Waals surface area contributed by atoms with E-state index in [9.17, 15) is 0 Å². The maximum Gasteiger partial charge on any atom is 0.132 e. The van der Waals surface area contributed by atoms with Gasteiger partial charge in [0.25, 0.3) is 0 Å². The summed E-state index contributed by atoms with van der Waals surface area (Å²) in [5, 5.41) is 0. The van der Waals surface area contributed by atoms with Gasteiger partial charge >= 0.3 is 0 Å². The number of hydrogen-bond donors (Lipinski definition) is 0. The van der Waals surface area contributed by atoms with Crippen LogP contribution in [0.3, 0.4) is 0 Å². The van der Waals surface area contributed by atoms with E-state index in [0.29, 0.717) is 0 Å². The Morgan fingerprint density at radius 1 is 1.19 bits per heavy atom. The molecule has 0 aromatic heterocycles. The number of morpholine rings is 1. The van der Waals surface area contributed by atoms with Crippen LogP contribution in [0.5, 0.6) is 5.75 Å². The molecule has 2 heterocycles. The summed E-state index contributed by atoms with van der Waals surface area (Å²) in [7, 11) is 0. The van der Waals surface area contributed by atoms with Crippen LogP contribution < -0.4 is 4.74 Å². The van der Waals surface area contributed by atoms with Gasteiger partial charge in [-0.05, 0) is 25.0 Å². The number of benzene rings is 1. The van der Waals surface area contributed by atoms with Gasteiger partial charge in [-0.15, -0.1) is 0 Å². The zero-order valence-corrected chi connectivity index (χ0v) is 12.9. The minimum atomic E-state index is 0.284. The highest BCUT2D eigenvalue weighted by molar-refractivity contribution is 5.45. The zero-order chi connectivity index (χ0) is 14.5. The van der Waals surface area contributed by atoms with Crippen molar-refractivity contribution < 1.29 is 9.47 Å². The molecule has 0 amide bonds.